The average molecular weight is 376 g/mol. The Balaban J connectivity index is 1.59. The molecule has 6 heteroatoms. The number of benzene rings is 2. The Labute approximate surface area is 164 Å². The fraction of sp³-hybridized carbons (Fsp3) is 0.318. The van der Waals surface area contributed by atoms with Gasteiger partial charge in [-0.15, -0.1) is 0 Å². The van der Waals surface area contributed by atoms with Crippen molar-refractivity contribution in [2.75, 3.05) is 36.5 Å². The summed E-state index contributed by atoms with van der Waals surface area (Å²) < 4.78 is 5.89. The van der Waals surface area contributed by atoms with Gasteiger partial charge >= 0.3 is 0 Å². The number of fused-ring (bicyclic) bond motifs is 2. The SMILES string of the molecule is CC(C)c1ccccc1OCC(=O)N1CCN(C)c2nc3ccccc3nc21. The van der Waals surface area contributed by atoms with Crippen LogP contribution in [0.5, 0.6) is 5.75 Å². The number of nitrogens with zero attached hydrogens (tertiary/aromatic N) is 4. The van der Waals surface area contributed by atoms with Crippen molar-refractivity contribution in [3.63, 3.8) is 0 Å². The van der Waals surface area contributed by atoms with E-state index in [2.05, 4.69) is 13.8 Å². The summed E-state index contributed by atoms with van der Waals surface area (Å²) >= 11 is 0. The molecule has 0 aliphatic carbocycles. The molecule has 0 bridgehead atoms. The van der Waals surface area contributed by atoms with Gasteiger partial charge in [-0.05, 0) is 29.7 Å². The van der Waals surface area contributed by atoms with E-state index < -0.39 is 0 Å². The third kappa shape index (κ3) is 3.38. The molecule has 0 fully saturated rings. The van der Waals surface area contributed by atoms with E-state index in [-0.39, 0.29) is 12.5 Å². The third-order valence-electron chi connectivity index (χ3n) is 5.00. The van der Waals surface area contributed by atoms with Crippen molar-refractivity contribution in [3.05, 3.63) is 54.1 Å². The van der Waals surface area contributed by atoms with Crippen LogP contribution in [0.1, 0.15) is 25.3 Å². The van der Waals surface area contributed by atoms with Gasteiger partial charge in [0.05, 0.1) is 11.0 Å². The van der Waals surface area contributed by atoms with Crippen LogP contribution in [0.25, 0.3) is 11.0 Å². The van der Waals surface area contributed by atoms with E-state index in [1.807, 2.05) is 60.5 Å². The van der Waals surface area contributed by atoms with E-state index in [0.29, 0.717) is 24.8 Å². The normalized spacial score (nSPS) is 13.7. The molecule has 1 aliphatic rings. The van der Waals surface area contributed by atoms with Crippen LogP contribution >= 0.6 is 0 Å². The van der Waals surface area contributed by atoms with Crippen molar-refractivity contribution in [1.29, 1.82) is 0 Å². The molecule has 0 radical (unpaired) electrons. The topological polar surface area (TPSA) is 58.6 Å². The highest BCUT2D eigenvalue weighted by atomic mass is 16.5. The summed E-state index contributed by atoms with van der Waals surface area (Å²) in [6, 6.07) is 15.6. The van der Waals surface area contributed by atoms with Crippen LogP contribution in [0.15, 0.2) is 48.5 Å². The van der Waals surface area contributed by atoms with Crippen molar-refractivity contribution in [1.82, 2.24) is 9.97 Å². The van der Waals surface area contributed by atoms with Crippen molar-refractivity contribution in [3.8, 4) is 5.75 Å². The fourth-order valence-electron chi connectivity index (χ4n) is 3.43. The van der Waals surface area contributed by atoms with Crippen LogP contribution < -0.4 is 14.5 Å². The molecular formula is C22H24N4O2. The van der Waals surface area contributed by atoms with Crippen molar-refractivity contribution < 1.29 is 9.53 Å². The lowest BCUT2D eigenvalue weighted by atomic mass is 10.0. The zero-order chi connectivity index (χ0) is 19.7. The second-order valence-electron chi connectivity index (χ2n) is 7.31. The summed E-state index contributed by atoms with van der Waals surface area (Å²) in [5, 5.41) is 0. The Morgan fingerprint density at radius 1 is 1.00 bits per heavy atom. The number of anilines is 2. The van der Waals surface area contributed by atoms with Crippen LogP contribution in [0.2, 0.25) is 0 Å². The predicted octanol–water partition coefficient (Wildman–Crippen LogP) is 3.62. The number of hydrogen-bond donors (Lipinski definition) is 0. The number of likely N-dealkylation sites (N-methyl/N-ethyl adjacent to an activating group) is 1. The summed E-state index contributed by atoms with van der Waals surface area (Å²) in [6.45, 7) is 5.46. The third-order valence-corrected chi connectivity index (χ3v) is 5.00. The molecule has 0 N–H and O–H groups in total. The maximum Gasteiger partial charge on any atom is 0.266 e. The van der Waals surface area contributed by atoms with Gasteiger partial charge in [0.1, 0.15) is 5.75 Å². The van der Waals surface area contributed by atoms with Crippen LogP contribution in [0, 0.1) is 0 Å². The number of carbonyl (C=O) groups excluding carboxylic acids is 1. The van der Waals surface area contributed by atoms with E-state index in [1.54, 1.807) is 4.90 Å². The maximum absolute atomic E-state index is 13.0. The molecule has 28 heavy (non-hydrogen) atoms. The first-order valence-electron chi connectivity index (χ1n) is 9.54. The molecule has 6 nitrogen and oxygen atoms in total. The van der Waals surface area contributed by atoms with Gasteiger partial charge in [0.15, 0.2) is 18.2 Å². The molecule has 0 atom stereocenters. The van der Waals surface area contributed by atoms with Crippen LogP contribution in [0.4, 0.5) is 11.6 Å². The molecule has 3 aromatic rings. The van der Waals surface area contributed by atoms with E-state index in [4.69, 9.17) is 14.7 Å². The van der Waals surface area contributed by atoms with Gasteiger partial charge in [0.25, 0.3) is 5.91 Å². The van der Waals surface area contributed by atoms with Crippen LogP contribution in [0.3, 0.4) is 0 Å². The summed E-state index contributed by atoms with van der Waals surface area (Å²) in [6.07, 6.45) is 0. The van der Waals surface area contributed by atoms with Gasteiger partial charge in [-0.1, -0.05) is 44.2 Å². The van der Waals surface area contributed by atoms with E-state index in [1.165, 1.54) is 0 Å². The molecule has 2 heterocycles. The molecule has 1 amide bonds. The molecule has 144 valence electrons. The lowest BCUT2D eigenvalue weighted by Crippen LogP contribution is -2.45. The van der Waals surface area contributed by atoms with Crippen LogP contribution in [-0.2, 0) is 4.79 Å². The average Bonchev–Trinajstić information content (AvgIpc) is 2.71. The molecule has 1 aromatic heterocycles. The minimum atomic E-state index is -0.113. The molecule has 2 aromatic carbocycles. The zero-order valence-electron chi connectivity index (χ0n) is 16.4. The second-order valence-corrected chi connectivity index (χ2v) is 7.31. The highest BCUT2D eigenvalue weighted by Gasteiger charge is 2.28. The van der Waals surface area contributed by atoms with Gasteiger partial charge in [0.2, 0.25) is 0 Å². The fourth-order valence-corrected chi connectivity index (χ4v) is 3.43. The van der Waals surface area contributed by atoms with Gasteiger partial charge in [0, 0.05) is 20.1 Å². The molecule has 0 saturated carbocycles. The number of hydrogen-bond acceptors (Lipinski definition) is 5. The Kier molecular flexibility index (Phi) is 4.86. The predicted molar refractivity (Wildman–Crippen MR) is 111 cm³/mol. The standard InChI is InChI=1S/C22H24N4O2/c1-15(2)16-8-4-7-11-19(16)28-14-20(27)26-13-12-25(3)21-22(26)24-18-10-6-5-9-17(18)23-21/h4-11,15H,12-14H2,1-3H3. The van der Waals surface area contributed by atoms with Crippen molar-refractivity contribution in [2.45, 2.75) is 19.8 Å². The molecule has 0 unspecified atom stereocenters. The number of amides is 1. The minimum absolute atomic E-state index is 0.0264. The Morgan fingerprint density at radius 2 is 1.64 bits per heavy atom. The summed E-state index contributed by atoms with van der Waals surface area (Å²) in [7, 11) is 1.97. The first-order chi connectivity index (χ1) is 13.5. The number of carbonyl (C=O) groups is 1. The number of ether oxygens (including phenoxy) is 1. The maximum atomic E-state index is 13.0. The molecule has 1 aliphatic heterocycles. The van der Waals surface area contributed by atoms with Crippen molar-refractivity contribution in [2.24, 2.45) is 0 Å². The first kappa shape index (κ1) is 18.2. The van der Waals surface area contributed by atoms with Gasteiger partial charge < -0.3 is 9.64 Å². The molecular weight excluding hydrogens is 352 g/mol. The number of para-hydroxylation sites is 3. The molecule has 0 saturated heterocycles. The van der Waals surface area contributed by atoms with Gasteiger partial charge in [-0.25, -0.2) is 9.97 Å². The lowest BCUT2D eigenvalue weighted by Gasteiger charge is -2.33. The number of aromatic nitrogens is 2. The summed E-state index contributed by atoms with van der Waals surface area (Å²) in [5.41, 5.74) is 2.70. The zero-order valence-corrected chi connectivity index (χ0v) is 16.4. The van der Waals surface area contributed by atoms with Crippen LogP contribution in [-0.4, -0.2) is 42.6 Å². The lowest BCUT2D eigenvalue weighted by molar-refractivity contribution is -0.120. The highest BCUT2D eigenvalue weighted by Crippen LogP contribution is 2.31. The highest BCUT2D eigenvalue weighted by molar-refractivity contribution is 5.98. The Morgan fingerprint density at radius 3 is 2.36 bits per heavy atom. The quantitative estimate of drug-likeness (QED) is 0.696. The second kappa shape index (κ2) is 7.46. The molecule has 0 spiro atoms. The van der Waals surface area contributed by atoms with Gasteiger partial charge in [-0.3, -0.25) is 9.69 Å². The van der Waals surface area contributed by atoms with Gasteiger partial charge in [-0.2, -0.15) is 0 Å². The largest absolute Gasteiger partial charge is 0.483 e. The Hall–Kier alpha value is -3.15. The summed E-state index contributed by atoms with van der Waals surface area (Å²) in [4.78, 5) is 26.1. The molecule has 4 rings (SSSR count). The minimum Gasteiger partial charge on any atom is -0.483 e. The smallest absolute Gasteiger partial charge is 0.266 e. The summed E-state index contributed by atoms with van der Waals surface area (Å²) in [5.74, 6) is 2.29. The first-order valence-corrected chi connectivity index (χ1v) is 9.54. The van der Waals surface area contributed by atoms with E-state index >= 15 is 0 Å². The van der Waals surface area contributed by atoms with Crippen molar-refractivity contribution >= 4 is 28.6 Å². The monoisotopic (exact) mass is 376 g/mol. The van der Waals surface area contributed by atoms with E-state index in [0.717, 1.165) is 28.2 Å². The Bertz CT molecular complexity index is 1020. The number of rotatable bonds is 4. The van der Waals surface area contributed by atoms with E-state index in [9.17, 15) is 4.79 Å².